The zero-order valence-electron chi connectivity index (χ0n) is 10.7. The van der Waals surface area contributed by atoms with E-state index in [2.05, 4.69) is 10.3 Å². The van der Waals surface area contributed by atoms with Gasteiger partial charge in [0.25, 0.3) is 5.91 Å². The summed E-state index contributed by atoms with van der Waals surface area (Å²) in [6.45, 7) is 0. The van der Waals surface area contributed by atoms with E-state index < -0.39 is 0 Å². The van der Waals surface area contributed by atoms with Crippen LogP contribution in [-0.2, 0) is 0 Å². The second-order valence-electron chi connectivity index (χ2n) is 4.27. The van der Waals surface area contributed by atoms with Crippen molar-refractivity contribution in [2.24, 2.45) is 0 Å². The minimum absolute atomic E-state index is 0.139. The van der Waals surface area contributed by atoms with E-state index in [1.54, 1.807) is 30.3 Å². The average Bonchev–Trinajstić information content (AvgIpc) is 2.89. The molecule has 0 atom stereocenters. The summed E-state index contributed by atoms with van der Waals surface area (Å²) in [5, 5.41) is 9.07. The zero-order chi connectivity index (χ0) is 14.8. The predicted molar refractivity (Wildman–Crippen MR) is 85.3 cm³/mol. The number of carbonyl (C=O) groups is 1. The molecule has 0 aliphatic carbocycles. The van der Waals surface area contributed by atoms with Gasteiger partial charge in [-0.15, -0.1) is 16.9 Å². The predicted octanol–water partition coefficient (Wildman–Crippen LogP) is 4.17. The van der Waals surface area contributed by atoms with Crippen molar-refractivity contribution in [2.45, 2.75) is 4.90 Å². The Morgan fingerprint density at radius 1 is 1.10 bits per heavy atom. The Morgan fingerprint density at radius 2 is 1.81 bits per heavy atom. The van der Waals surface area contributed by atoms with Crippen LogP contribution < -0.4 is 0 Å². The van der Waals surface area contributed by atoms with Crippen LogP contribution in [0.4, 0.5) is 0 Å². The molecule has 1 heterocycles. The highest BCUT2D eigenvalue weighted by Crippen LogP contribution is 2.22. The van der Waals surface area contributed by atoms with Crippen LogP contribution >= 0.6 is 35.0 Å². The quantitative estimate of drug-likeness (QED) is 0.673. The smallest absolute Gasteiger partial charge is 0.259 e. The van der Waals surface area contributed by atoms with Crippen molar-refractivity contribution >= 4 is 51.9 Å². The van der Waals surface area contributed by atoms with E-state index in [-0.39, 0.29) is 11.7 Å². The number of fused-ring (bicyclic) bond motifs is 1. The Hall–Kier alpha value is -1.56. The maximum Gasteiger partial charge on any atom is 0.259 e. The van der Waals surface area contributed by atoms with Gasteiger partial charge in [0.1, 0.15) is 5.52 Å². The summed E-state index contributed by atoms with van der Waals surface area (Å²) in [5.74, 6) is 0.127. The molecule has 106 valence electrons. The Labute approximate surface area is 135 Å². The Bertz CT molecular complexity index is 802. The van der Waals surface area contributed by atoms with Gasteiger partial charge in [0.05, 0.1) is 11.3 Å². The van der Waals surface area contributed by atoms with Crippen LogP contribution in [0, 0.1) is 0 Å². The molecule has 3 rings (SSSR count). The first-order chi connectivity index (χ1) is 10.1. The van der Waals surface area contributed by atoms with Crippen LogP contribution in [-0.4, -0.2) is 26.7 Å². The summed E-state index contributed by atoms with van der Waals surface area (Å²) in [6.07, 6.45) is 0. The standard InChI is InChI=1S/C14H9Cl2N3OS/c15-9-1-4-11(5-2-9)21-8-14(20)19-13-6-3-10(16)7-12(13)17-18-19/h1-7H,8H2. The van der Waals surface area contributed by atoms with Gasteiger partial charge in [0, 0.05) is 14.9 Å². The minimum Gasteiger partial charge on any atom is -0.272 e. The van der Waals surface area contributed by atoms with Crippen molar-refractivity contribution in [3.8, 4) is 0 Å². The molecule has 4 nitrogen and oxygen atoms in total. The van der Waals surface area contributed by atoms with Crippen molar-refractivity contribution in [1.29, 1.82) is 0 Å². The highest BCUT2D eigenvalue weighted by molar-refractivity contribution is 8.00. The van der Waals surface area contributed by atoms with E-state index in [4.69, 9.17) is 23.2 Å². The third kappa shape index (κ3) is 3.20. The molecule has 0 spiro atoms. The largest absolute Gasteiger partial charge is 0.272 e. The molecule has 0 N–H and O–H groups in total. The van der Waals surface area contributed by atoms with Crippen molar-refractivity contribution < 1.29 is 4.79 Å². The van der Waals surface area contributed by atoms with Gasteiger partial charge < -0.3 is 0 Å². The molecule has 0 aliphatic rings. The summed E-state index contributed by atoms with van der Waals surface area (Å²) in [7, 11) is 0. The van der Waals surface area contributed by atoms with Gasteiger partial charge in [0.15, 0.2) is 0 Å². The number of hydrogen-bond donors (Lipinski definition) is 0. The monoisotopic (exact) mass is 337 g/mol. The lowest BCUT2D eigenvalue weighted by molar-refractivity contribution is 0.0929. The summed E-state index contributed by atoms with van der Waals surface area (Å²) < 4.78 is 1.30. The summed E-state index contributed by atoms with van der Waals surface area (Å²) in [6, 6.07) is 12.5. The molecule has 0 radical (unpaired) electrons. The SMILES string of the molecule is O=C(CSc1ccc(Cl)cc1)n1nnc2cc(Cl)ccc21. The van der Waals surface area contributed by atoms with Crippen LogP contribution in [0.2, 0.25) is 10.0 Å². The van der Waals surface area contributed by atoms with E-state index in [0.717, 1.165) is 4.90 Å². The van der Waals surface area contributed by atoms with Crippen LogP contribution in [0.15, 0.2) is 47.4 Å². The molecule has 0 saturated carbocycles. The molecule has 0 saturated heterocycles. The lowest BCUT2D eigenvalue weighted by Crippen LogP contribution is -2.14. The fourth-order valence-corrected chi connectivity index (χ4v) is 2.85. The summed E-state index contributed by atoms with van der Waals surface area (Å²) in [5.41, 5.74) is 1.26. The highest BCUT2D eigenvalue weighted by atomic mass is 35.5. The summed E-state index contributed by atoms with van der Waals surface area (Å²) >= 11 is 13.1. The van der Waals surface area contributed by atoms with E-state index in [9.17, 15) is 4.79 Å². The number of halogens is 2. The topological polar surface area (TPSA) is 47.8 Å². The van der Waals surface area contributed by atoms with E-state index in [1.807, 2.05) is 12.1 Å². The minimum atomic E-state index is -0.139. The molecule has 7 heteroatoms. The second kappa shape index (κ2) is 6.05. The van der Waals surface area contributed by atoms with Gasteiger partial charge >= 0.3 is 0 Å². The number of thioether (sulfide) groups is 1. The lowest BCUT2D eigenvalue weighted by Gasteiger charge is -2.02. The fraction of sp³-hybridized carbons (Fsp3) is 0.0714. The Kier molecular flexibility index (Phi) is 4.14. The Morgan fingerprint density at radius 3 is 2.57 bits per heavy atom. The second-order valence-corrected chi connectivity index (χ2v) is 6.19. The van der Waals surface area contributed by atoms with Crippen LogP contribution in [0.5, 0.6) is 0 Å². The van der Waals surface area contributed by atoms with Gasteiger partial charge in [-0.2, -0.15) is 4.68 Å². The first-order valence-corrected chi connectivity index (χ1v) is 7.80. The Balaban J connectivity index is 1.76. The number of aromatic nitrogens is 3. The number of nitrogens with zero attached hydrogens (tertiary/aromatic N) is 3. The third-order valence-corrected chi connectivity index (χ3v) is 4.30. The molecule has 0 aliphatic heterocycles. The first kappa shape index (κ1) is 14.4. The van der Waals surface area contributed by atoms with E-state index >= 15 is 0 Å². The molecule has 1 aromatic heterocycles. The van der Waals surface area contributed by atoms with E-state index in [0.29, 0.717) is 21.1 Å². The molecule has 21 heavy (non-hydrogen) atoms. The number of benzene rings is 2. The van der Waals surface area contributed by atoms with Crippen molar-refractivity contribution in [1.82, 2.24) is 15.0 Å². The van der Waals surface area contributed by atoms with Gasteiger partial charge in [-0.25, -0.2) is 0 Å². The molecule has 0 fully saturated rings. The molecular weight excluding hydrogens is 329 g/mol. The molecule has 0 amide bonds. The molecule has 0 unspecified atom stereocenters. The van der Waals surface area contributed by atoms with E-state index in [1.165, 1.54) is 16.4 Å². The molecule has 3 aromatic rings. The number of hydrogen-bond acceptors (Lipinski definition) is 4. The molecule has 2 aromatic carbocycles. The zero-order valence-corrected chi connectivity index (χ0v) is 13.0. The van der Waals surface area contributed by atoms with Gasteiger partial charge in [-0.3, -0.25) is 4.79 Å². The van der Waals surface area contributed by atoms with Gasteiger partial charge in [0.2, 0.25) is 0 Å². The lowest BCUT2D eigenvalue weighted by atomic mass is 10.3. The maximum absolute atomic E-state index is 12.2. The van der Waals surface area contributed by atoms with Crippen LogP contribution in [0.3, 0.4) is 0 Å². The fourth-order valence-electron chi connectivity index (χ4n) is 1.82. The third-order valence-electron chi connectivity index (χ3n) is 2.82. The highest BCUT2D eigenvalue weighted by Gasteiger charge is 2.12. The van der Waals surface area contributed by atoms with Crippen molar-refractivity contribution in [3.63, 3.8) is 0 Å². The van der Waals surface area contributed by atoms with Crippen molar-refractivity contribution in [3.05, 3.63) is 52.5 Å². The number of rotatable bonds is 3. The molecule has 0 bridgehead atoms. The summed E-state index contributed by atoms with van der Waals surface area (Å²) in [4.78, 5) is 13.2. The average molecular weight is 338 g/mol. The van der Waals surface area contributed by atoms with Crippen molar-refractivity contribution in [2.75, 3.05) is 5.75 Å². The molecular formula is C14H9Cl2N3OS. The van der Waals surface area contributed by atoms with Crippen LogP contribution in [0.25, 0.3) is 11.0 Å². The van der Waals surface area contributed by atoms with Crippen LogP contribution in [0.1, 0.15) is 4.79 Å². The number of carbonyl (C=O) groups excluding carboxylic acids is 1. The normalized spacial score (nSPS) is 11.0. The van der Waals surface area contributed by atoms with Gasteiger partial charge in [-0.05, 0) is 42.5 Å². The first-order valence-electron chi connectivity index (χ1n) is 6.06. The maximum atomic E-state index is 12.2. The van der Waals surface area contributed by atoms with Gasteiger partial charge in [-0.1, -0.05) is 28.4 Å².